The smallest absolute Gasteiger partial charge is 0.0162 e. The maximum atomic E-state index is 2.54. The van der Waals surface area contributed by atoms with Crippen molar-refractivity contribution in [2.24, 2.45) is 17.3 Å². The molecule has 0 aromatic heterocycles. The zero-order chi connectivity index (χ0) is 19.8. The molecule has 2 saturated carbocycles. The Morgan fingerprint density at radius 3 is 1.96 bits per heavy atom. The summed E-state index contributed by atoms with van der Waals surface area (Å²) >= 11 is 0. The van der Waals surface area contributed by atoms with Gasteiger partial charge in [0.25, 0.3) is 0 Å². The van der Waals surface area contributed by atoms with Gasteiger partial charge in [-0.2, -0.15) is 0 Å². The van der Waals surface area contributed by atoms with E-state index in [1.165, 1.54) is 96.3 Å². The zero-order valence-corrected chi connectivity index (χ0v) is 19.1. The largest absolute Gasteiger partial charge is 0.0654 e. The molecule has 1 aromatic carbocycles. The van der Waals surface area contributed by atoms with Crippen LogP contribution in [0.1, 0.15) is 128 Å². The highest BCUT2D eigenvalue weighted by Gasteiger charge is 2.31. The van der Waals surface area contributed by atoms with E-state index in [0.717, 1.165) is 17.8 Å². The van der Waals surface area contributed by atoms with Gasteiger partial charge < -0.3 is 0 Å². The van der Waals surface area contributed by atoms with Crippen molar-refractivity contribution in [2.75, 3.05) is 0 Å². The van der Waals surface area contributed by atoms with Crippen molar-refractivity contribution >= 4 is 0 Å². The van der Waals surface area contributed by atoms with Gasteiger partial charge in [-0.15, -0.1) is 0 Å². The Morgan fingerprint density at radius 1 is 0.786 bits per heavy atom. The molecule has 2 fully saturated rings. The molecule has 158 valence electrons. The molecule has 0 nitrogen and oxygen atoms in total. The molecular weight excluding hydrogens is 336 g/mol. The minimum Gasteiger partial charge on any atom is -0.0654 e. The van der Waals surface area contributed by atoms with E-state index in [2.05, 4.69) is 45.0 Å². The molecule has 0 bridgehead atoms. The normalized spacial score (nSPS) is 31.0. The van der Waals surface area contributed by atoms with Gasteiger partial charge in [0.15, 0.2) is 0 Å². The monoisotopic (exact) mass is 382 g/mol. The van der Waals surface area contributed by atoms with Crippen LogP contribution in [0.25, 0.3) is 0 Å². The molecule has 0 saturated heterocycles. The molecule has 2 aliphatic rings. The van der Waals surface area contributed by atoms with Crippen LogP contribution in [0, 0.1) is 17.3 Å². The van der Waals surface area contributed by atoms with Crippen LogP contribution < -0.4 is 0 Å². The van der Waals surface area contributed by atoms with E-state index < -0.39 is 0 Å². The van der Waals surface area contributed by atoms with E-state index in [1.54, 1.807) is 11.1 Å². The molecule has 0 amide bonds. The van der Waals surface area contributed by atoms with Gasteiger partial charge in [-0.05, 0) is 79.2 Å². The SMILES string of the molecule is CCCCC1(C)CCC(c2ccc(CC[C@H]3CC[C@H](CCC)CC3)cc2)CC1. The van der Waals surface area contributed by atoms with Gasteiger partial charge in [-0.25, -0.2) is 0 Å². The van der Waals surface area contributed by atoms with Crippen LogP contribution in [0.15, 0.2) is 24.3 Å². The van der Waals surface area contributed by atoms with E-state index in [1.807, 2.05) is 0 Å². The number of hydrogen-bond acceptors (Lipinski definition) is 0. The molecule has 3 rings (SSSR count). The van der Waals surface area contributed by atoms with Crippen LogP contribution in [0.2, 0.25) is 0 Å². The van der Waals surface area contributed by atoms with Gasteiger partial charge >= 0.3 is 0 Å². The minimum atomic E-state index is 0.628. The Hall–Kier alpha value is -0.780. The first-order valence-corrected chi connectivity index (χ1v) is 12.7. The molecule has 0 aliphatic heterocycles. The highest BCUT2D eigenvalue weighted by Crippen LogP contribution is 2.45. The van der Waals surface area contributed by atoms with E-state index in [9.17, 15) is 0 Å². The molecule has 0 spiro atoms. The van der Waals surface area contributed by atoms with Crippen molar-refractivity contribution in [1.82, 2.24) is 0 Å². The fourth-order valence-electron chi connectivity index (χ4n) is 6.05. The average molecular weight is 383 g/mol. The Morgan fingerprint density at radius 2 is 1.39 bits per heavy atom. The predicted molar refractivity (Wildman–Crippen MR) is 124 cm³/mol. The van der Waals surface area contributed by atoms with Gasteiger partial charge in [0.05, 0.1) is 0 Å². The number of unbranched alkanes of at least 4 members (excludes halogenated alkanes) is 1. The molecule has 0 heterocycles. The lowest BCUT2D eigenvalue weighted by atomic mass is 9.68. The van der Waals surface area contributed by atoms with Crippen molar-refractivity contribution in [3.63, 3.8) is 0 Å². The summed E-state index contributed by atoms with van der Waals surface area (Å²) in [6.07, 6.45) is 21.4. The summed E-state index contributed by atoms with van der Waals surface area (Å²) in [5.74, 6) is 2.85. The molecule has 28 heavy (non-hydrogen) atoms. The number of benzene rings is 1. The maximum absolute atomic E-state index is 2.54. The van der Waals surface area contributed by atoms with E-state index in [4.69, 9.17) is 0 Å². The molecule has 1 aromatic rings. The first-order chi connectivity index (χ1) is 13.6. The number of hydrogen-bond donors (Lipinski definition) is 0. The van der Waals surface area contributed by atoms with Crippen molar-refractivity contribution in [3.8, 4) is 0 Å². The summed E-state index contributed by atoms with van der Waals surface area (Å²) in [5, 5.41) is 0. The van der Waals surface area contributed by atoms with Crippen molar-refractivity contribution < 1.29 is 0 Å². The van der Waals surface area contributed by atoms with Crippen molar-refractivity contribution in [1.29, 1.82) is 0 Å². The Kier molecular flexibility index (Phi) is 8.49. The van der Waals surface area contributed by atoms with Gasteiger partial charge in [0.1, 0.15) is 0 Å². The molecular formula is C28H46. The summed E-state index contributed by atoms with van der Waals surface area (Å²) < 4.78 is 0. The summed E-state index contributed by atoms with van der Waals surface area (Å²) in [5.41, 5.74) is 3.81. The summed E-state index contributed by atoms with van der Waals surface area (Å²) in [7, 11) is 0. The third-order valence-electron chi connectivity index (χ3n) is 8.28. The standard InChI is InChI=1S/C28H46/c1-4-6-20-28(3)21-18-27(19-22-28)26-16-14-25(15-17-26)13-12-24-10-8-23(7-5-2)9-11-24/h14-17,23-24,27H,4-13,18-22H2,1-3H3/t23-,24-,27?,28?. The fourth-order valence-corrected chi connectivity index (χ4v) is 6.05. The molecule has 0 N–H and O–H groups in total. The third-order valence-corrected chi connectivity index (χ3v) is 8.28. The topological polar surface area (TPSA) is 0 Å². The van der Waals surface area contributed by atoms with Gasteiger partial charge in [-0.3, -0.25) is 0 Å². The molecule has 0 radical (unpaired) electrons. The third kappa shape index (κ3) is 6.36. The fraction of sp³-hybridized carbons (Fsp3) is 0.786. The molecule has 0 atom stereocenters. The van der Waals surface area contributed by atoms with E-state index in [-0.39, 0.29) is 0 Å². The van der Waals surface area contributed by atoms with Crippen LogP contribution in [0.5, 0.6) is 0 Å². The van der Waals surface area contributed by atoms with Crippen LogP contribution >= 0.6 is 0 Å². The Bertz CT molecular complexity index is 538. The average Bonchev–Trinajstić information content (AvgIpc) is 2.73. The summed E-state index contributed by atoms with van der Waals surface area (Å²) in [6.45, 7) is 7.21. The Balaban J connectivity index is 1.41. The summed E-state index contributed by atoms with van der Waals surface area (Å²) in [4.78, 5) is 0. The first kappa shape index (κ1) is 21.9. The Labute approximate surface area is 175 Å². The molecule has 2 aliphatic carbocycles. The lowest BCUT2D eigenvalue weighted by molar-refractivity contribution is 0.179. The second-order valence-corrected chi connectivity index (χ2v) is 10.6. The van der Waals surface area contributed by atoms with Crippen LogP contribution in [0.3, 0.4) is 0 Å². The summed E-state index contributed by atoms with van der Waals surface area (Å²) in [6, 6.07) is 9.82. The second kappa shape index (κ2) is 10.8. The lowest BCUT2D eigenvalue weighted by Crippen LogP contribution is -2.23. The highest BCUT2D eigenvalue weighted by atomic mass is 14.4. The quantitative estimate of drug-likeness (QED) is 0.399. The number of rotatable bonds is 9. The van der Waals surface area contributed by atoms with E-state index >= 15 is 0 Å². The highest BCUT2D eigenvalue weighted by molar-refractivity contribution is 5.26. The second-order valence-electron chi connectivity index (χ2n) is 10.6. The number of aryl methyl sites for hydroxylation is 1. The van der Waals surface area contributed by atoms with Crippen LogP contribution in [-0.4, -0.2) is 0 Å². The first-order valence-electron chi connectivity index (χ1n) is 12.7. The minimum absolute atomic E-state index is 0.628. The van der Waals surface area contributed by atoms with Crippen LogP contribution in [0.4, 0.5) is 0 Å². The maximum Gasteiger partial charge on any atom is -0.0162 e. The molecule has 0 heteroatoms. The van der Waals surface area contributed by atoms with Gasteiger partial charge in [0, 0.05) is 0 Å². The predicted octanol–water partition coefficient (Wildman–Crippen LogP) is 9.08. The molecule has 0 unspecified atom stereocenters. The van der Waals surface area contributed by atoms with Crippen molar-refractivity contribution in [3.05, 3.63) is 35.4 Å². The zero-order valence-electron chi connectivity index (χ0n) is 19.1. The van der Waals surface area contributed by atoms with Crippen molar-refractivity contribution in [2.45, 2.75) is 123 Å². The lowest BCUT2D eigenvalue weighted by Gasteiger charge is -2.37. The van der Waals surface area contributed by atoms with Crippen LogP contribution in [-0.2, 0) is 6.42 Å². The van der Waals surface area contributed by atoms with Gasteiger partial charge in [0.2, 0.25) is 0 Å². The van der Waals surface area contributed by atoms with Gasteiger partial charge in [-0.1, -0.05) is 96.4 Å². The van der Waals surface area contributed by atoms with E-state index in [0.29, 0.717) is 5.41 Å².